The SMILES string of the molecule is NC1(c2nnc3ncc(Br)cn23)CC1. The third-order valence-electron chi connectivity index (χ3n) is 2.47. The molecule has 0 spiro atoms. The number of hydrogen-bond donors (Lipinski definition) is 1. The smallest absolute Gasteiger partial charge is 0.255 e. The van der Waals surface area contributed by atoms with E-state index < -0.39 is 0 Å². The number of nitrogens with zero attached hydrogens (tertiary/aromatic N) is 4. The Labute approximate surface area is 88.5 Å². The monoisotopic (exact) mass is 253 g/mol. The summed E-state index contributed by atoms with van der Waals surface area (Å²) in [7, 11) is 0. The van der Waals surface area contributed by atoms with Crippen LogP contribution < -0.4 is 5.73 Å². The molecule has 0 radical (unpaired) electrons. The zero-order valence-electron chi connectivity index (χ0n) is 7.31. The van der Waals surface area contributed by atoms with E-state index in [0.717, 1.165) is 23.1 Å². The van der Waals surface area contributed by atoms with E-state index >= 15 is 0 Å². The van der Waals surface area contributed by atoms with Gasteiger partial charge in [0.1, 0.15) is 0 Å². The van der Waals surface area contributed by atoms with Gasteiger partial charge in [-0.2, -0.15) is 0 Å². The summed E-state index contributed by atoms with van der Waals surface area (Å²) in [6, 6.07) is 0. The van der Waals surface area contributed by atoms with Gasteiger partial charge in [-0.05, 0) is 28.8 Å². The second-order valence-corrected chi connectivity index (χ2v) is 4.54. The van der Waals surface area contributed by atoms with Crippen LogP contribution in [0.15, 0.2) is 16.9 Å². The average molecular weight is 254 g/mol. The maximum absolute atomic E-state index is 6.06. The topological polar surface area (TPSA) is 69.1 Å². The van der Waals surface area contributed by atoms with Crippen LogP contribution in [0.5, 0.6) is 0 Å². The lowest BCUT2D eigenvalue weighted by Gasteiger charge is -2.05. The van der Waals surface area contributed by atoms with Crippen LogP contribution in [0.25, 0.3) is 5.78 Å². The second-order valence-electron chi connectivity index (χ2n) is 3.62. The molecule has 3 rings (SSSR count). The third-order valence-corrected chi connectivity index (χ3v) is 2.88. The maximum atomic E-state index is 6.06. The molecule has 0 aromatic carbocycles. The van der Waals surface area contributed by atoms with Crippen molar-refractivity contribution in [2.75, 3.05) is 0 Å². The molecule has 72 valence electrons. The Morgan fingerprint density at radius 1 is 1.43 bits per heavy atom. The first-order valence-electron chi connectivity index (χ1n) is 4.35. The Morgan fingerprint density at radius 3 is 2.93 bits per heavy atom. The standard InChI is InChI=1S/C8H8BrN5/c9-5-3-11-7-13-12-6(14(7)4-5)8(10)1-2-8/h3-4H,1-2,10H2. The van der Waals surface area contributed by atoms with Crippen molar-refractivity contribution in [2.24, 2.45) is 5.73 Å². The Hall–Kier alpha value is -1.01. The van der Waals surface area contributed by atoms with Crippen molar-refractivity contribution >= 4 is 21.7 Å². The minimum atomic E-state index is -0.276. The minimum Gasteiger partial charge on any atom is -0.319 e. The molecule has 2 heterocycles. The molecule has 0 atom stereocenters. The van der Waals surface area contributed by atoms with Crippen molar-refractivity contribution in [3.05, 3.63) is 22.7 Å². The van der Waals surface area contributed by atoms with Crippen molar-refractivity contribution in [1.82, 2.24) is 19.6 Å². The molecule has 1 aliphatic rings. The quantitative estimate of drug-likeness (QED) is 0.818. The Bertz CT molecular complexity index is 501. The highest BCUT2D eigenvalue weighted by molar-refractivity contribution is 9.10. The highest BCUT2D eigenvalue weighted by atomic mass is 79.9. The largest absolute Gasteiger partial charge is 0.319 e. The van der Waals surface area contributed by atoms with Crippen LogP contribution in [-0.4, -0.2) is 19.6 Å². The van der Waals surface area contributed by atoms with E-state index in [4.69, 9.17) is 5.73 Å². The van der Waals surface area contributed by atoms with Crippen LogP contribution in [-0.2, 0) is 5.54 Å². The number of halogens is 1. The molecule has 5 nitrogen and oxygen atoms in total. The lowest BCUT2D eigenvalue weighted by atomic mass is 10.3. The van der Waals surface area contributed by atoms with Crippen LogP contribution in [0.4, 0.5) is 0 Å². The first-order chi connectivity index (χ1) is 6.69. The molecule has 2 aromatic heterocycles. The van der Waals surface area contributed by atoms with Gasteiger partial charge in [0.05, 0.1) is 10.0 Å². The van der Waals surface area contributed by atoms with Gasteiger partial charge in [-0.25, -0.2) is 4.98 Å². The van der Waals surface area contributed by atoms with Crippen LogP contribution in [0.3, 0.4) is 0 Å². The first-order valence-corrected chi connectivity index (χ1v) is 5.14. The Morgan fingerprint density at radius 2 is 2.21 bits per heavy atom. The fourth-order valence-electron chi connectivity index (χ4n) is 1.46. The number of aromatic nitrogens is 4. The van der Waals surface area contributed by atoms with Gasteiger partial charge in [0.2, 0.25) is 0 Å². The van der Waals surface area contributed by atoms with Crippen LogP contribution in [0, 0.1) is 0 Å². The number of fused-ring (bicyclic) bond motifs is 1. The number of hydrogen-bond acceptors (Lipinski definition) is 4. The molecule has 0 bridgehead atoms. The molecule has 0 amide bonds. The fraction of sp³-hybridized carbons (Fsp3) is 0.375. The van der Waals surface area contributed by atoms with Gasteiger partial charge in [-0.1, -0.05) is 0 Å². The molecule has 1 fully saturated rings. The third kappa shape index (κ3) is 1.07. The van der Waals surface area contributed by atoms with Crippen molar-refractivity contribution in [3.63, 3.8) is 0 Å². The minimum absolute atomic E-state index is 0.276. The van der Waals surface area contributed by atoms with E-state index in [2.05, 4.69) is 31.1 Å². The van der Waals surface area contributed by atoms with E-state index in [1.165, 1.54) is 0 Å². The summed E-state index contributed by atoms with van der Waals surface area (Å²) < 4.78 is 2.74. The van der Waals surface area contributed by atoms with Gasteiger partial charge < -0.3 is 5.73 Å². The van der Waals surface area contributed by atoms with E-state index in [-0.39, 0.29) is 5.54 Å². The van der Waals surface area contributed by atoms with Crippen LogP contribution in [0.1, 0.15) is 18.7 Å². The molecular formula is C8H8BrN5. The van der Waals surface area contributed by atoms with Gasteiger partial charge in [0.25, 0.3) is 5.78 Å². The number of nitrogens with two attached hydrogens (primary N) is 1. The normalized spacial score (nSPS) is 18.7. The van der Waals surface area contributed by atoms with Crippen molar-refractivity contribution < 1.29 is 0 Å². The molecule has 1 aliphatic carbocycles. The van der Waals surface area contributed by atoms with E-state index in [1.54, 1.807) is 6.20 Å². The van der Waals surface area contributed by atoms with E-state index in [0.29, 0.717) is 5.78 Å². The molecular weight excluding hydrogens is 246 g/mol. The lowest BCUT2D eigenvalue weighted by molar-refractivity contribution is 0.660. The molecule has 2 N–H and O–H groups in total. The van der Waals surface area contributed by atoms with Gasteiger partial charge in [-0.15, -0.1) is 10.2 Å². The molecule has 1 saturated carbocycles. The summed E-state index contributed by atoms with van der Waals surface area (Å²) in [5.41, 5.74) is 5.79. The van der Waals surface area contributed by atoms with Gasteiger partial charge in [0, 0.05) is 12.4 Å². The predicted octanol–water partition coefficient (Wildman–Crippen LogP) is 0.835. The summed E-state index contributed by atoms with van der Waals surface area (Å²) in [6.45, 7) is 0. The van der Waals surface area contributed by atoms with Gasteiger partial charge in [-0.3, -0.25) is 4.40 Å². The van der Waals surface area contributed by atoms with Crippen molar-refractivity contribution in [3.8, 4) is 0 Å². The van der Waals surface area contributed by atoms with E-state index in [9.17, 15) is 0 Å². The highest BCUT2D eigenvalue weighted by Gasteiger charge is 2.44. The molecule has 6 heteroatoms. The lowest BCUT2D eigenvalue weighted by Crippen LogP contribution is -2.22. The molecule has 0 unspecified atom stereocenters. The first kappa shape index (κ1) is 8.31. The summed E-state index contributed by atoms with van der Waals surface area (Å²) >= 11 is 3.36. The molecule has 0 aliphatic heterocycles. The highest BCUT2D eigenvalue weighted by Crippen LogP contribution is 2.41. The predicted molar refractivity (Wildman–Crippen MR) is 53.6 cm³/mol. The summed E-state index contributed by atoms with van der Waals surface area (Å²) in [6.07, 6.45) is 5.54. The molecule has 14 heavy (non-hydrogen) atoms. The zero-order valence-corrected chi connectivity index (χ0v) is 8.90. The molecule has 2 aromatic rings. The summed E-state index contributed by atoms with van der Waals surface area (Å²) in [5.74, 6) is 1.40. The average Bonchev–Trinajstić information content (AvgIpc) is 2.77. The zero-order chi connectivity index (χ0) is 9.76. The summed E-state index contributed by atoms with van der Waals surface area (Å²) in [4.78, 5) is 4.13. The summed E-state index contributed by atoms with van der Waals surface area (Å²) in [5, 5.41) is 8.04. The van der Waals surface area contributed by atoms with Crippen LogP contribution in [0.2, 0.25) is 0 Å². The van der Waals surface area contributed by atoms with Gasteiger partial charge in [0.15, 0.2) is 5.82 Å². The Balaban J connectivity index is 2.29. The fourth-order valence-corrected chi connectivity index (χ4v) is 1.77. The van der Waals surface area contributed by atoms with Crippen LogP contribution >= 0.6 is 15.9 Å². The van der Waals surface area contributed by atoms with Crippen molar-refractivity contribution in [1.29, 1.82) is 0 Å². The Kier molecular flexibility index (Phi) is 1.49. The second kappa shape index (κ2) is 2.52. The van der Waals surface area contributed by atoms with Gasteiger partial charge >= 0.3 is 0 Å². The number of rotatable bonds is 1. The molecule has 0 saturated heterocycles. The van der Waals surface area contributed by atoms with E-state index in [1.807, 2.05) is 10.6 Å². The maximum Gasteiger partial charge on any atom is 0.255 e. The van der Waals surface area contributed by atoms with Crippen molar-refractivity contribution in [2.45, 2.75) is 18.4 Å².